The lowest BCUT2D eigenvalue weighted by atomic mass is 10.0. The van der Waals surface area contributed by atoms with E-state index in [4.69, 9.17) is 0 Å². The fourth-order valence-electron chi connectivity index (χ4n) is 3.12. The molecule has 0 radical (unpaired) electrons. The Hall–Kier alpha value is -2.91. The fraction of sp³-hybridized carbons (Fsp3) is 0.312. The summed E-state index contributed by atoms with van der Waals surface area (Å²) in [5, 5.41) is 37.3. The van der Waals surface area contributed by atoms with Gasteiger partial charge in [-0.15, -0.1) is 28.2 Å². The number of aliphatic carboxylic acids is 1. The van der Waals surface area contributed by atoms with Gasteiger partial charge < -0.3 is 15.6 Å². The Morgan fingerprint density at radius 1 is 1.45 bits per heavy atom. The number of carbonyl (C=O) groups is 3. The van der Waals surface area contributed by atoms with Gasteiger partial charge in [-0.1, -0.05) is 23.0 Å². The molecule has 4 heterocycles. The standard InChI is InChI=1S/C16H15N7O5S3/c1-22-16(18-20-21-22)31-6-7-5-30-14-10(13(25)23(14)11(7)15(26)27)17-12(24)9(19-28)8-3-2-4-29-8/h2-4,10,14,28H,5-6H2,1H3,(H,17,24)(H,26,27)/b19-9+/t10-,14-/m1/s1. The Balaban J connectivity index is 1.49. The van der Waals surface area contributed by atoms with Crippen LogP contribution in [0.2, 0.25) is 0 Å². The van der Waals surface area contributed by atoms with Crippen molar-refractivity contribution in [3.63, 3.8) is 0 Å². The molecule has 0 aliphatic carbocycles. The molecule has 2 amide bonds. The van der Waals surface area contributed by atoms with Gasteiger partial charge in [-0.2, -0.15) is 0 Å². The van der Waals surface area contributed by atoms with Crippen LogP contribution in [0.3, 0.4) is 0 Å². The minimum absolute atomic E-state index is 0.0869. The van der Waals surface area contributed by atoms with Gasteiger partial charge in [0.1, 0.15) is 17.1 Å². The second-order valence-corrected chi connectivity index (χ2v) is 9.41. The lowest BCUT2D eigenvalue weighted by Gasteiger charge is -2.49. The summed E-state index contributed by atoms with van der Waals surface area (Å²) in [5.41, 5.74) is 0.276. The number of thiophene rings is 1. The molecule has 1 saturated heterocycles. The predicted molar refractivity (Wildman–Crippen MR) is 112 cm³/mol. The zero-order chi connectivity index (χ0) is 22.1. The first kappa shape index (κ1) is 21.3. The molecule has 2 aromatic heterocycles. The predicted octanol–water partition coefficient (Wildman–Crippen LogP) is -0.0192. The van der Waals surface area contributed by atoms with Crippen LogP contribution in [-0.4, -0.2) is 81.8 Å². The van der Waals surface area contributed by atoms with Gasteiger partial charge in [-0.05, 0) is 27.4 Å². The van der Waals surface area contributed by atoms with E-state index in [1.165, 1.54) is 44.4 Å². The normalized spacial score (nSPS) is 21.0. The summed E-state index contributed by atoms with van der Waals surface area (Å²) in [4.78, 5) is 38.8. The van der Waals surface area contributed by atoms with E-state index in [9.17, 15) is 24.7 Å². The SMILES string of the molecule is Cn1nnnc1SCC1=C(C(=O)O)N2C(=O)[C@@H](NC(=O)/C(=N/O)c3cccs3)[C@H]2SC1. The molecule has 4 rings (SSSR count). The first-order valence-electron chi connectivity index (χ1n) is 8.74. The molecular formula is C16H15N7O5S3. The molecule has 0 unspecified atom stereocenters. The van der Waals surface area contributed by atoms with Crippen molar-refractivity contribution in [2.24, 2.45) is 12.2 Å². The summed E-state index contributed by atoms with van der Waals surface area (Å²) in [6, 6.07) is 2.40. The minimum Gasteiger partial charge on any atom is -0.477 e. The van der Waals surface area contributed by atoms with E-state index >= 15 is 0 Å². The number of hydrogen-bond acceptors (Lipinski definition) is 11. The summed E-state index contributed by atoms with van der Waals surface area (Å²) in [5.74, 6) is -1.79. The van der Waals surface area contributed by atoms with Gasteiger partial charge in [0.2, 0.25) is 5.16 Å². The van der Waals surface area contributed by atoms with Gasteiger partial charge in [-0.25, -0.2) is 9.48 Å². The molecule has 31 heavy (non-hydrogen) atoms. The van der Waals surface area contributed by atoms with Crippen LogP contribution < -0.4 is 5.32 Å². The Labute approximate surface area is 187 Å². The number of aryl methyl sites for hydroxylation is 1. The molecular weight excluding hydrogens is 466 g/mol. The van der Waals surface area contributed by atoms with Crippen LogP contribution in [0, 0.1) is 0 Å². The van der Waals surface area contributed by atoms with Gasteiger partial charge in [0.25, 0.3) is 11.8 Å². The summed E-state index contributed by atoms with van der Waals surface area (Å²) in [7, 11) is 1.67. The van der Waals surface area contributed by atoms with Crippen molar-refractivity contribution in [1.82, 2.24) is 30.4 Å². The second-order valence-electron chi connectivity index (χ2n) is 6.42. The van der Waals surface area contributed by atoms with Crippen molar-refractivity contribution < 1.29 is 24.7 Å². The average Bonchev–Trinajstić information content (AvgIpc) is 3.42. The van der Waals surface area contributed by atoms with Crippen LogP contribution in [0.25, 0.3) is 0 Å². The van der Waals surface area contributed by atoms with Crippen molar-refractivity contribution in [3.8, 4) is 0 Å². The van der Waals surface area contributed by atoms with Crippen molar-refractivity contribution in [3.05, 3.63) is 33.7 Å². The number of thioether (sulfide) groups is 2. The maximum Gasteiger partial charge on any atom is 0.352 e. The molecule has 2 aliphatic rings. The molecule has 1 fully saturated rings. The van der Waals surface area contributed by atoms with E-state index in [0.29, 0.717) is 27.1 Å². The number of fused-ring (bicyclic) bond motifs is 1. The van der Waals surface area contributed by atoms with E-state index in [-0.39, 0.29) is 11.4 Å². The van der Waals surface area contributed by atoms with Crippen molar-refractivity contribution in [1.29, 1.82) is 0 Å². The van der Waals surface area contributed by atoms with Crippen molar-refractivity contribution >= 4 is 58.4 Å². The number of rotatable bonds is 7. The third-order valence-corrected chi connectivity index (χ3v) is 7.88. The number of nitrogens with zero attached hydrogens (tertiary/aromatic N) is 6. The highest BCUT2D eigenvalue weighted by molar-refractivity contribution is 8.01. The van der Waals surface area contributed by atoms with Crippen LogP contribution in [0.15, 0.2) is 39.1 Å². The smallest absolute Gasteiger partial charge is 0.352 e. The summed E-state index contributed by atoms with van der Waals surface area (Å²) in [6.07, 6.45) is 0. The van der Waals surface area contributed by atoms with Crippen LogP contribution in [-0.2, 0) is 21.4 Å². The number of β-lactam (4-membered cyclic amide) rings is 1. The quantitative estimate of drug-likeness (QED) is 0.161. The molecule has 0 saturated carbocycles. The second kappa shape index (κ2) is 8.68. The van der Waals surface area contributed by atoms with Gasteiger partial charge in [0, 0.05) is 18.6 Å². The number of amides is 2. The molecule has 0 bridgehead atoms. The molecule has 0 spiro atoms. The number of carboxylic acids is 1. The molecule has 3 N–H and O–H groups in total. The lowest BCUT2D eigenvalue weighted by molar-refractivity contribution is -0.150. The Bertz CT molecular complexity index is 1100. The first-order valence-corrected chi connectivity index (χ1v) is 11.7. The average molecular weight is 482 g/mol. The maximum absolute atomic E-state index is 12.7. The number of hydrogen-bond donors (Lipinski definition) is 3. The number of oxime groups is 1. The van der Waals surface area contributed by atoms with Crippen molar-refractivity contribution in [2.45, 2.75) is 16.6 Å². The van der Waals surface area contributed by atoms with Gasteiger partial charge in [0.05, 0.1) is 4.88 Å². The Morgan fingerprint density at radius 2 is 2.26 bits per heavy atom. The van der Waals surface area contributed by atoms with Gasteiger partial charge in [-0.3, -0.25) is 14.5 Å². The molecule has 0 aromatic carbocycles. The third-order valence-electron chi connectivity index (χ3n) is 4.56. The van der Waals surface area contributed by atoms with Crippen molar-refractivity contribution in [2.75, 3.05) is 11.5 Å². The van der Waals surface area contributed by atoms with Gasteiger partial charge in [0.15, 0.2) is 5.71 Å². The largest absolute Gasteiger partial charge is 0.477 e. The third kappa shape index (κ3) is 3.90. The number of carboxylic acid groups (broad SMARTS) is 1. The molecule has 2 aliphatic heterocycles. The number of tetrazole rings is 1. The monoisotopic (exact) mass is 481 g/mol. The molecule has 2 aromatic rings. The zero-order valence-electron chi connectivity index (χ0n) is 15.8. The highest BCUT2D eigenvalue weighted by Gasteiger charge is 2.54. The molecule has 162 valence electrons. The minimum atomic E-state index is -1.22. The van der Waals surface area contributed by atoms with Crippen LogP contribution in [0.1, 0.15) is 4.88 Å². The number of aromatic nitrogens is 4. The molecule has 12 nitrogen and oxygen atoms in total. The summed E-state index contributed by atoms with van der Waals surface area (Å²) >= 11 is 3.84. The summed E-state index contributed by atoms with van der Waals surface area (Å²) in [6.45, 7) is 0. The molecule has 15 heteroatoms. The van der Waals surface area contributed by atoms with E-state index in [1.54, 1.807) is 24.6 Å². The molecule has 2 atom stereocenters. The highest BCUT2D eigenvalue weighted by Crippen LogP contribution is 2.41. The highest BCUT2D eigenvalue weighted by atomic mass is 32.2. The van der Waals surface area contributed by atoms with E-state index in [1.807, 2.05) is 0 Å². The zero-order valence-corrected chi connectivity index (χ0v) is 18.3. The Kier molecular flexibility index (Phi) is 5.97. The first-order chi connectivity index (χ1) is 14.9. The summed E-state index contributed by atoms with van der Waals surface area (Å²) < 4.78 is 1.47. The van der Waals surface area contributed by atoms with Crippen LogP contribution in [0.5, 0.6) is 0 Å². The van der Waals surface area contributed by atoms with Gasteiger partial charge >= 0.3 is 5.97 Å². The van der Waals surface area contributed by atoms with Crippen LogP contribution >= 0.6 is 34.9 Å². The lowest BCUT2D eigenvalue weighted by Crippen LogP contribution is -2.71. The van der Waals surface area contributed by atoms with E-state index < -0.39 is 29.2 Å². The van der Waals surface area contributed by atoms with Crippen LogP contribution in [0.4, 0.5) is 0 Å². The fourth-order valence-corrected chi connectivity index (χ4v) is 6.16. The van der Waals surface area contributed by atoms with E-state index in [2.05, 4.69) is 26.0 Å². The topological polar surface area (TPSA) is 163 Å². The van der Waals surface area contributed by atoms with E-state index in [0.717, 1.165) is 0 Å². The Morgan fingerprint density at radius 3 is 2.87 bits per heavy atom. The maximum atomic E-state index is 12.7. The number of nitrogens with one attached hydrogen (secondary N) is 1. The number of carbonyl (C=O) groups excluding carboxylic acids is 2.